The molecule has 19 heavy (non-hydrogen) atoms. The molecule has 2 heteroatoms. The van der Waals surface area contributed by atoms with E-state index in [1.807, 2.05) is 26.0 Å². The highest BCUT2D eigenvalue weighted by atomic mass is 16.5. The second kappa shape index (κ2) is 7.78. The molecule has 0 bridgehead atoms. The van der Waals surface area contributed by atoms with Crippen LogP contribution in [0.1, 0.15) is 53.4 Å². The van der Waals surface area contributed by atoms with Gasteiger partial charge in [0.25, 0.3) is 0 Å². The average Bonchev–Trinajstić information content (AvgIpc) is 2.51. The Morgan fingerprint density at radius 1 is 1.26 bits per heavy atom. The van der Waals surface area contributed by atoms with Crippen LogP contribution in [0, 0.1) is 0 Å². The summed E-state index contributed by atoms with van der Waals surface area (Å²) < 4.78 is 6.07. The molecule has 0 N–H and O–H groups in total. The third kappa shape index (κ3) is 4.23. The molecule has 0 spiro atoms. The number of allylic oxidation sites excluding steroid dienone is 5. The molecule has 1 aliphatic rings. The quantitative estimate of drug-likeness (QED) is 0.593. The predicted octanol–water partition coefficient (Wildman–Crippen LogP) is 5.31. The van der Waals surface area contributed by atoms with Crippen molar-refractivity contribution in [1.82, 2.24) is 0 Å². The van der Waals surface area contributed by atoms with Crippen LogP contribution in [0.5, 0.6) is 0 Å². The van der Waals surface area contributed by atoms with E-state index >= 15 is 0 Å². The number of unbranched alkanes of at least 4 members (excludes halogenated alkanes) is 2. The summed E-state index contributed by atoms with van der Waals surface area (Å²) in [7, 11) is 0. The molecule has 0 unspecified atom stereocenters. The van der Waals surface area contributed by atoms with Crippen molar-refractivity contribution in [2.45, 2.75) is 53.4 Å². The van der Waals surface area contributed by atoms with E-state index in [9.17, 15) is 0 Å². The number of hydrogen-bond acceptors (Lipinski definition) is 2. The van der Waals surface area contributed by atoms with Crippen LogP contribution in [0.3, 0.4) is 0 Å². The van der Waals surface area contributed by atoms with Gasteiger partial charge in [0, 0.05) is 17.7 Å². The highest BCUT2D eigenvalue weighted by molar-refractivity contribution is 5.99. The van der Waals surface area contributed by atoms with Gasteiger partial charge in [0.05, 0.1) is 0 Å². The van der Waals surface area contributed by atoms with Crippen molar-refractivity contribution in [2.75, 3.05) is 0 Å². The lowest BCUT2D eigenvalue weighted by molar-refractivity contribution is 0.296. The second-order valence-corrected chi connectivity index (χ2v) is 4.76. The fraction of sp³-hybridized carbons (Fsp3) is 0.471. The molecule has 1 aliphatic heterocycles. The van der Waals surface area contributed by atoms with E-state index in [-0.39, 0.29) is 0 Å². The molecule has 0 aromatic heterocycles. The highest BCUT2D eigenvalue weighted by Gasteiger charge is 2.15. The lowest BCUT2D eigenvalue weighted by Gasteiger charge is -2.12. The second-order valence-electron chi connectivity index (χ2n) is 4.76. The van der Waals surface area contributed by atoms with Crippen LogP contribution in [0.2, 0.25) is 0 Å². The molecular formula is C17H25NO. The van der Waals surface area contributed by atoms with Crippen molar-refractivity contribution in [1.29, 1.82) is 0 Å². The van der Waals surface area contributed by atoms with Gasteiger partial charge in [-0.25, -0.2) is 4.99 Å². The smallest absolute Gasteiger partial charge is 0.152 e. The Kier molecular flexibility index (Phi) is 6.34. The fourth-order valence-corrected chi connectivity index (χ4v) is 1.97. The number of rotatable bonds is 6. The fourth-order valence-electron chi connectivity index (χ4n) is 1.97. The monoisotopic (exact) mass is 259 g/mol. The summed E-state index contributed by atoms with van der Waals surface area (Å²) in [6, 6.07) is 0. The van der Waals surface area contributed by atoms with Crippen molar-refractivity contribution in [3.63, 3.8) is 0 Å². The predicted molar refractivity (Wildman–Crippen MR) is 83.1 cm³/mol. The van der Waals surface area contributed by atoms with Gasteiger partial charge in [-0.2, -0.15) is 0 Å². The minimum Gasteiger partial charge on any atom is -0.459 e. The zero-order chi connectivity index (χ0) is 14.3. The zero-order valence-corrected chi connectivity index (χ0v) is 12.6. The number of ether oxygens (including phenoxy) is 1. The van der Waals surface area contributed by atoms with Crippen LogP contribution in [0.15, 0.2) is 52.6 Å². The summed E-state index contributed by atoms with van der Waals surface area (Å²) in [4.78, 5) is 4.60. The minimum atomic E-state index is 0.792. The van der Waals surface area contributed by atoms with Gasteiger partial charge < -0.3 is 4.74 Å². The zero-order valence-electron chi connectivity index (χ0n) is 12.6. The van der Waals surface area contributed by atoms with E-state index in [4.69, 9.17) is 4.74 Å². The molecule has 0 aromatic rings. The topological polar surface area (TPSA) is 21.6 Å². The normalized spacial score (nSPS) is 16.5. The molecule has 1 rings (SSSR count). The largest absolute Gasteiger partial charge is 0.459 e. The maximum Gasteiger partial charge on any atom is 0.152 e. The summed E-state index contributed by atoms with van der Waals surface area (Å²) >= 11 is 0. The molecule has 1 heterocycles. The Morgan fingerprint density at radius 2 is 2.00 bits per heavy atom. The first-order valence-electron chi connectivity index (χ1n) is 7.06. The summed E-state index contributed by atoms with van der Waals surface area (Å²) in [5, 5.41) is 0. The number of hydrogen-bond donors (Lipinski definition) is 0. The molecule has 104 valence electrons. The van der Waals surface area contributed by atoms with Crippen LogP contribution in [0.25, 0.3) is 0 Å². The van der Waals surface area contributed by atoms with Crippen molar-refractivity contribution >= 4 is 5.71 Å². The van der Waals surface area contributed by atoms with Gasteiger partial charge in [0.15, 0.2) is 5.76 Å². The van der Waals surface area contributed by atoms with Gasteiger partial charge in [-0.3, -0.25) is 0 Å². The van der Waals surface area contributed by atoms with Gasteiger partial charge in [0.2, 0.25) is 0 Å². The van der Waals surface area contributed by atoms with E-state index in [1.165, 1.54) is 12.8 Å². The van der Waals surface area contributed by atoms with E-state index < -0.39 is 0 Å². The van der Waals surface area contributed by atoms with Gasteiger partial charge in [-0.1, -0.05) is 32.4 Å². The molecule has 0 saturated heterocycles. The molecule has 0 aliphatic carbocycles. The molecule has 2 nitrogen and oxygen atoms in total. The van der Waals surface area contributed by atoms with Gasteiger partial charge in [0.1, 0.15) is 11.5 Å². The summed E-state index contributed by atoms with van der Waals surface area (Å²) in [5.74, 6) is 1.83. The van der Waals surface area contributed by atoms with Gasteiger partial charge in [-0.05, 0) is 39.3 Å². The standard InChI is InChI=1S/C17H25NO/c1-6-9-10-12-16-13(4)14(5)18-15(8-3)17(19-16)11-7-2/h7-8,11H,3,6,9-10,12H2,1-2,4-5H3/b11-7-. The lowest BCUT2D eigenvalue weighted by atomic mass is 10.1. The molecule has 0 atom stereocenters. The first-order valence-corrected chi connectivity index (χ1v) is 7.06. The van der Waals surface area contributed by atoms with Crippen LogP contribution in [-0.2, 0) is 4.74 Å². The van der Waals surface area contributed by atoms with Crippen LogP contribution < -0.4 is 0 Å². The number of nitrogens with zero attached hydrogens (tertiary/aromatic N) is 1. The van der Waals surface area contributed by atoms with E-state index in [2.05, 4.69) is 25.4 Å². The Balaban J connectivity index is 3.05. The Labute approximate surface area is 117 Å². The van der Waals surface area contributed by atoms with E-state index in [0.717, 1.165) is 41.3 Å². The first kappa shape index (κ1) is 15.5. The summed E-state index contributed by atoms with van der Waals surface area (Å²) in [5.41, 5.74) is 2.97. The Morgan fingerprint density at radius 3 is 2.58 bits per heavy atom. The van der Waals surface area contributed by atoms with E-state index in [0.29, 0.717) is 0 Å². The highest BCUT2D eigenvalue weighted by Crippen LogP contribution is 2.26. The van der Waals surface area contributed by atoms with Crippen molar-refractivity contribution < 1.29 is 4.74 Å². The van der Waals surface area contributed by atoms with Crippen molar-refractivity contribution in [3.05, 3.63) is 47.6 Å². The van der Waals surface area contributed by atoms with Crippen molar-refractivity contribution in [2.24, 2.45) is 4.99 Å². The molecule has 0 saturated carbocycles. The average molecular weight is 259 g/mol. The van der Waals surface area contributed by atoms with Crippen LogP contribution in [-0.4, -0.2) is 5.71 Å². The molecular weight excluding hydrogens is 234 g/mol. The Bertz CT molecular complexity index is 450. The molecule has 0 amide bonds. The lowest BCUT2D eigenvalue weighted by Crippen LogP contribution is -2.00. The third-order valence-corrected chi connectivity index (χ3v) is 3.25. The van der Waals surface area contributed by atoms with Crippen molar-refractivity contribution in [3.8, 4) is 0 Å². The first-order chi connectivity index (χ1) is 9.13. The van der Waals surface area contributed by atoms with E-state index in [1.54, 1.807) is 6.08 Å². The minimum absolute atomic E-state index is 0.792. The molecule has 0 aromatic carbocycles. The summed E-state index contributed by atoms with van der Waals surface area (Å²) in [6.45, 7) is 12.1. The maximum absolute atomic E-state index is 6.07. The summed E-state index contributed by atoms with van der Waals surface area (Å²) in [6.07, 6.45) is 10.2. The SMILES string of the molecule is C=CC1=C(/C=C\C)OC(CCCCC)=C(C)C(C)=N1. The molecule has 0 fully saturated rings. The van der Waals surface area contributed by atoms with Crippen LogP contribution >= 0.6 is 0 Å². The third-order valence-electron chi connectivity index (χ3n) is 3.25. The Hall–Kier alpha value is -1.57. The number of aliphatic imine (C=N–C) groups is 1. The van der Waals surface area contributed by atoms with Crippen LogP contribution in [0.4, 0.5) is 0 Å². The molecule has 0 radical (unpaired) electrons. The van der Waals surface area contributed by atoms with Gasteiger partial charge >= 0.3 is 0 Å². The maximum atomic E-state index is 6.07. The van der Waals surface area contributed by atoms with Gasteiger partial charge in [-0.15, -0.1) is 0 Å².